The van der Waals surface area contributed by atoms with E-state index in [2.05, 4.69) is 10.3 Å². The molecular weight excluding hydrogens is 409 g/mol. The van der Waals surface area contributed by atoms with Crippen molar-refractivity contribution in [2.24, 2.45) is 10.7 Å². The third-order valence-corrected chi connectivity index (χ3v) is 4.68. The van der Waals surface area contributed by atoms with E-state index in [-0.39, 0.29) is 17.7 Å². The highest BCUT2D eigenvalue weighted by Crippen LogP contribution is 2.31. The Kier molecular flexibility index (Phi) is 6.05. The van der Waals surface area contributed by atoms with Crippen LogP contribution in [0.1, 0.15) is 5.56 Å². The summed E-state index contributed by atoms with van der Waals surface area (Å²) in [6, 6.07) is 11.6. The quantitative estimate of drug-likeness (QED) is 0.712. The van der Waals surface area contributed by atoms with Gasteiger partial charge in [0.05, 0.1) is 4.91 Å². The summed E-state index contributed by atoms with van der Waals surface area (Å²) in [4.78, 5) is 27.9. The smallest absolute Gasteiger partial charge is 0.286 e. The first-order chi connectivity index (χ1) is 12.9. The van der Waals surface area contributed by atoms with Crippen LogP contribution in [0.4, 0.5) is 5.69 Å². The normalized spacial score (nSPS) is 15.0. The number of aliphatic imine (C=N–C) groups is 1. The van der Waals surface area contributed by atoms with Gasteiger partial charge in [0.15, 0.2) is 11.8 Å². The summed E-state index contributed by atoms with van der Waals surface area (Å²) in [5, 5.41) is 3.92. The van der Waals surface area contributed by atoms with Gasteiger partial charge in [-0.2, -0.15) is 4.99 Å². The van der Waals surface area contributed by atoms with Crippen LogP contribution in [0, 0.1) is 0 Å². The van der Waals surface area contributed by atoms with E-state index in [4.69, 9.17) is 33.7 Å². The molecule has 27 heavy (non-hydrogen) atoms. The molecule has 0 radical (unpaired) electrons. The molecule has 9 heteroatoms. The molecule has 3 rings (SSSR count). The van der Waals surface area contributed by atoms with Gasteiger partial charge in [0.25, 0.3) is 11.8 Å². The third-order valence-electron chi connectivity index (χ3n) is 3.38. The lowest BCUT2D eigenvalue weighted by atomic mass is 10.2. The van der Waals surface area contributed by atoms with Gasteiger partial charge in [-0.1, -0.05) is 23.2 Å². The average molecular weight is 422 g/mol. The van der Waals surface area contributed by atoms with Crippen molar-refractivity contribution < 1.29 is 14.3 Å². The molecular formula is C18H13Cl2N3O3S. The van der Waals surface area contributed by atoms with Crippen molar-refractivity contribution in [2.45, 2.75) is 0 Å². The highest BCUT2D eigenvalue weighted by atomic mass is 35.5. The lowest BCUT2D eigenvalue weighted by Gasteiger charge is -2.11. The van der Waals surface area contributed by atoms with E-state index in [1.165, 1.54) is 0 Å². The van der Waals surface area contributed by atoms with Gasteiger partial charge in [-0.25, -0.2) is 0 Å². The number of nitrogens with zero attached hydrogens (tertiary/aromatic N) is 1. The van der Waals surface area contributed by atoms with E-state index in [9.17, 15) is 9.59 Å². The van der Waals surface area contributed by atoms with Gasteiger partial charge in [-0.05, 0) is 60.3 Å². The number of rotatable bonds is 5. The Bertz CT molecular complexity index is 959. The molecule has 0 bridgehead atoms. The van der Waals surface area contributed by atoms with Gasteiger partial charge >= 0.3 is 0 Å². The van der Waals surface area contributed by atoms with Crippen LogP contribution in [0.3, 0.4) is 0 Å². The van der Waals surface area contributed by atoms with Crippen molar-refractivity contribution in [1.82, 2.24) is 0 Å². The Morgan fingerprint density at radius 1 is 1.19 bits per heavy atom. The SMILES string of the molecule is NC1=NC(=O)/C(=C/c2cc(Cl)ccc2OCC(=O)Nc2ccc(Cl)cc2)S1. The second-order valence-corrected chi connectivity index (χ2v) is 7.33. The van der Waals surface area contributed by atoms with Crippen LogP contribution in [-0.4, -0.2) is 23.6 Å². The third kappa shape index (κ3) is 5.26. The first-order valence-electron chi connectivity index (χ1n) is 7.66. The minimum absolute atomic E-state index is 0.179. The first-order valence-corrected chi connectivity index (χ1v) is 9.24. The molecule has 138 valence electrons. The van der Waals surface area contributed by atoms with Gasteiger partial charge in [0.1, 0.15) is 5.75 Å². The minimum Gasteiger partial charge on any atom is -0.483 e. The number of nitrogens with one attached hydrogen (secondary N) is 1. The summed E-state index contributed by atoms with van der Waals surface area (Å²) in [7, 11) is 0. The highest BCUT2D eigenvalue weighted by molar-refractivity contribution is 8.18. The largest absolute Gasteiger partial charge is 0.483 e. The van der Waals surface area contributed by atoms with E-state index in [1.54, 1.807) is 48.5 Å². The summed E-state index contributed by atoms with van der Waals surface area (Å²) >= 11 is 12.9. The Hall–Kier alpha value is -2.48. The van der Waals surface area contributed by atoms with Gasteiger partial charge in [0, 0.05) is 21.3 Å². The highest BCUT2D eigenvalue weighted by Gasteiger charge is 2.20. The number of nitrogens with two attached hydrogens (primary N) is 1. The van der Waals surface area contributed by atoms with Crippen molar-refractivity contribution in [3.63, 3.8) is 0 Å². The molecule has 1 aliphatic rings. The van der Waals surface area contributed by atoms with E-state index in [1.807, 2.05) is 0 Å². The van der Waals surface area contributed by atoms with Crippen LogP contribution < -0.4 is 15.8 Å². The van der Waals surface area contributed by atoms with E-state index in [0.717, 1.165) is 11.8 Å². The van der Waals surface area contributed by atoms with Crippen LogP contribution in [0.15, 0.2) is 52.4 Å². The molecule has 2 amide bonds. The number of amides is 2. The second kappa shape index (κ2) is 8.47. The molecule has 0 aromatic heterocycles. The number of amidine groups is 1. The Balaban J connectivity index is 1.70. The molecule has 0 aliphatic carbocycles. The molecule has 2 aromatic carbocycles. The predicted octanol–water partition coefficient (Wildman–Crippen LogP) is 3.94. The number of hydrogen-bond acceptors (Lipinski definition) is 5. The molecule has 0 saturated heterocycles. The lowest BCUT2D eigenvalue weighted by molar-refractivity contribution is -0.118. The van der Waals surface area contributed by atoms with Crippen molar-refractivity contribution in [1.29, 1.82) is 0 Å². The maximum absolute atomic E-state index is 12.1. The summed E-state index contributed by atoms with van der Waals surface area (Å²) in [6.07, 6.45) is 1.58. The van der Waals surface area contributed by atoms with E-state index in [0.29, 0.717) is 32.0 Å². The second-order valence-electron chi connectivity index (χ2n) is 5.39. The number of anilines is 1. The van der Waals surface area contributed by atoms with Gasteiger partial charge in [-0.3, -0.25) is 9.59 Å². The summed E-state index contributed by atoms with van der Waals surface area (Å²) < 4.78 is 5.59. The summed E-state index contributed by atoms with van der Waals surface area (Å²) in [5.41, 5.74) is 6.70. The summed E-state index contributed by atoms with van der Waals surface area (Å²) in [5.74, 6) is -0.370. The number of benzene rings is 2. The zero-order valence-electron chi connectivity index (χ0n) is 13.7. The van der Waals surface area contributed by atoms with Crippen molar-refractivity contribution >= 4 is 63.7 Å². The van der Waals surface area contributed by atoms with Crippen molar-refractivity contribution in [2.75, 3.05) is 11.9 Å². The zero-order valence-corrected chi connectivity index (χ0v) is 16.1. The van der Waals surface area contributed by atoms with Crippen LogP contribution in [-0.2, 0) is 9.59 Å². The van der Waals surface area contributed by atoms with Crippen molar-refractivity contribution in [3.05, 3.63) is 63.0 Å². The summed E-state index contributed by atoms with van der Waals surface area (Å²) in [6.45, 7) is -0.222. The maximum Gasteiger partial charge on any atom is 0.286 e. The number of halogens is 2. The Labute approximate surface area is 169 Å². The number of carbonyl (C=O) groups excluding carboxylic acids is 2. The van der Waals surface area contributed by atoms with E-state index < -0.39 is 5.91 Å². The molecule has 0 fully saturated rings. The molecule has 0 unspecified atom stereocenters. The molecule has 1 aliphatic heterocycles. The molecule has 2 aromatic rings. The Morgan fingerprint density at radius 2 is 1.89 bits per heavy atom. The fourth-order valence-corrected chi connectivity index (χ4v) is 3.18. The van der Waals surface area contributed by atoms with Gasteiger partial charge in [0.2, 0.25) is 0 Å². The molecule has 6 nitrogen and oxygen atoms in total. The molecule has 1 heterocycles. The number of ether oxygens (including phenoxy) is 1. The minimum atomic E-state index is -0.427. The monoisotopic (exact) mass is 421 g/mol. The fraction of sp³-hybridized carbons (Fsp3) is 0.0556. The number of hydrogen-bond donors (Lipinski definition) is 2. The molecule has 0 atom stereocenters. The standard InChI is InChI=1S/C18H13Cl2N3O3S/c19-11-1-4-13(5-2-11)22-16(24)9-26-14-6-3-12(20)7-10(14)8-15-17(25)23-18(21)27-15/h1-8H,9H2,(H,22,24)(H2,21,23,25)/b15-8-. The van der Waals surface area contributed by atoms with E-state index >= 15 is 0 Å². The first kappa shape index (κ1) is 19.3. The molecule has 0 saturated carbocycles. The lowest BCUT2D eigenvalue weighted by Crippen LogP contribution is -2.20. The number of thioether (sulfide) groups is 1. The van der Waals surface area contributed by atoms with Gasteiger partial charge in [-0.15, -0.1) is 0 Å². The van der Waals surface area contributed by atoms with Crippen molar-refractivity contribution in [3.8, 4) is 5.75 Å². The molecule has 0 spiro atoms. The van der Waals surface area contributed by atoms with Crippen LogP contribution in [0.25, 0.3) is 6.08 Å². The Morgan fingerprint density at radius 3 is 2.56 bits per heavy atom. The predicted molar refractivity (Wildman–Crippen MR) is 109 cm³/mol. The van der Waals surface area contributed by atoms with Gasteiger partial charge < -0.3 is 15.8 Å². The fourth-order valence-electron chi connectivity index (χ4n) is 2.20. The topological polar surface area (TPSA) is 93.8 Å². The number of carbonyl (C=O) groups is 2. The molecule has 3 N–H and O–H groups in total. The van der Waals surface area contributed by atoms with Crippen LogP contribution in [0.2, 0.25) is 10.0 Å². The van der Waals surface area contributed by atoms with Crippen LogP contribution in [0.5, 0.6) is 5.75 Å². The zero-order chi connectivity index (χ0) is 19.4. The average Bonchev–Trinajstić information content (AvgIpc) is 2.93. The van der Waals surface area contributed by atoms with Crippen LogP contribution >= 0.6 is 35.0 Å². The maximum atomic E-state index is 12.1.